The van der Waals surface area contributed by atoms with Gasteiger partial charge in [-0.15, -0.1) is 0 Å². The van der Waals surface area contributed by atoms with E-state index in [1.807, 2.05) is 0 Å². The Morgan fingerprint density at radius 3 is 0.988 bits per heavy atom. The molecule has 17 aromatic rings. The van der Waals surface area contributed by atoms with Gasteiger partial charge < -0.3 is 8.83 Å². The SMILES string of the molecule is c1ccc(-c2cccc(-c3c4ccccc4c(-c4ccc5c(c4)oc4cc6ccc(-c7ccc(-c8c9ccccc9c(-c9ccc%10c(c9)oc9cc%11ccccc%11cc9%10)c9ccccc89)cc7)cc6cc45)c4ccccc34)c2)cc1. The van der Waals surface area contributed by atoms with Crippen molar-refractivity contribution >= 4 is 109 Å². The molecule has 80 heavy (non-hydrogen) atoms. The summed E-state index contributed by atoms with van der Waals surface area (Å²) in [6, 6.07) is 102. The number of fused-ring (bicyclic) bond motifs is 12. The first-order valence-corrected chi connectivity index (χ1v) is 27.5. The third kappa shape index (κ3) is 6.92. The van der Waals surface area contributed by atoms with Crippen LogP contribution in [0.4, 0.5) is 0 Å². The van der Waals surface area contributed by atoms with E-state index < -0.39 is 0 Å². The minimum absolute atomic E-state index is 0.880. The van der Waals surface area contributed by atoms with Crippen LogP contribution in [0, 0.1) is 0 Å². The Hall–Kier alpha value is -10.5. The van der Waals surface area contributed by atoms with E-state index >= 15 is 0 Å². The first-order chi connectivity index (χ1) is 39.6. The first-order valence-electron chi connectivity index (χ1n) is 27.5. The van der Waals surface area contributed by atoms with Gasteiger partial charge in [0.05, 0.1) is 0 Å². The van der Waals surface area contributed by atoms with Crippen molar-refractivity contribution in [3.05, 3.63) is 279 Å². The van der Waals surface area contributed by atoms with Crippen molar-refractivity contribution < 1.29 is 8.83 Å². The quantitative estimate of drug-likeness (QED) is 0.155. The molecule has 15 aromatic carbocycles. The van der Waals surface area contributed by atoms with Crippen LogP contribution in [0.1, 0.15) is 0 Å². The van der Waals surface area contributed by atoms with E-state index in [9.17, 15) is 0 Å². The Kier molecular flexibility index (Phi) is 9.75. The minimum atomic E-state index is 0.880. The molecule has 2 heterocycles. The van der Waals surface area contributed by atoms with Gasteiger partial charge in [0, 0.05) is 21.5 Å². The zero-order valence-electron chi connectivity index (χ0n) is 43.4. The predicted molar refractivity (Wildman–Crippen MR) is 339 cm³/mol. The molecule has 0 aliphatic heterocycles. The molecule has 0 atom stereocenters. The molecule has 0 N–H and O–H groups in total. The average Bonchev–Trinajstić information content (AvgIpc) is 4.21. The van der Waals surface area contributed by atoms with Gasteiger partial charge in [-0.2, -0.15) is 0 Å². The molecule has 2 nitrogen and oxygen atoms in total. The summed E-state index contributed by atoms with van der Waals surface area (Å²) in [5.74, 6) is 0. The van der Waals surface area contributed by atoms with Gasteiger partial charge in [0.25, 0.3) is 0 Å². The van der Waals surface area contributed by atoms with Crippen LogP contribution >= 0.6 is 0 Å². The summed E-state index contributed by atoms with van der Waals surface area (Å²) in [7, 11) is 0. The molecule has 0 spiro atoms. The molecule has 2 aromatic heterocycles. The molecule has 17 rings (SSSR count). The van der Waals surface area contributed by atoms with Gasteiger partial charge >= 0.3 is 0 Å². The Bertz CT molecular complexity index is 5290. The molecule has 2 heteroatoms. The maximum Gasteiger partial charge on any atom is 0.136 e. The molecule has 0 radical (unpaired) electrons. The topological polar surface area (TPSA) is 26.3 Å². The fraction of sp³-hybridized carbons (Fsp3) is 0. The van der Waals surface area contributed by atoms with Crippen LogP contribution < -0.4 is 0 Å². The zero-order chi connectivity index (χ0) is 52.4. The normalized spacial score (nSPS) is 12.0. The van der Waals surface area contributed by atoms with Crippen molar-refractivity contribution in [1.82, 2.24) is 0 Å². The highest BCUT2D eigenvalue weighted by molar-refractivity contribution is 6.24. The number of hydrogen-bond donors (Lipinski definition) is 0. The van der Waals surface area contributed by atoms with Crippen molar-refractivity contribution in [3.8, 4) is 66.8 Å². The Balaban J connectivity index is 0.729. The summed E-state index contributed by atoms with van der Waals surface area (Å²) in [5.41, 5.74) is 17.9. The first kappa shape index (κ1) is 44.6. The van der Waals surface area contributed by atoms with Crippen LogP contribution in [0.5, 0.6) is 0 Å². The van der Waals surface area contributed by atoms with Crippen molar-refractivity contribution in [2.24, 2.45) is 0 Å². The van der Waals surface area contributed by atoms with Crippen LogP contribution in [0.3, 0.4) is 0 Å². The second-order valence-electron chi connectivity index (χ2n) is 21.4. The summed E-state index contributed by atoms with van der Waals surface area (Å²) in [5, 5.41) is 19.0. The summed E-state index contributed by atoms with van der Waals surface area (Å²) >= 11 is 0. The van der Waals surface area contributed by atoms with E-state index in [0.29, 0.717) is 0 Å². The standard InChI is InChI=1S/C78H46O2/c1-2-15-47(16-3-1)50-19-14-20-55(39-50)76-65-25-10-12-27-67(65)78(68-28-13-11-26-66(68)76)57-36-38-60-70-42-58-40-53(33-34-54(58)44-74(70)80-72(60)46-57)48-29-31-49(32-30-48)75-61-21-6-8-23-63(61)77(64-24-9-7-22-62(64)75)56-35-37-59-69-41-51-17-4-5-18-52(51)43-73(69)79-71(59)45-56/h1-46H. The predicted octanol–water partition coefficient (Wildman–Crippen LogP) is 22.4. The molecule has 0 saturated carbocycles. The Morgan fingerprint density at radius 1 is 0.150 bits per heavy atom. The van der Waals surface area contributed by atoms with Gasteiger partial charge in [-0.3, -0.25) is 0 Å². The molecule has 0 fully saturated rings. The lowest BCUT2D eigenvalue weighted by Crippen LogP contribution is -1.91. The maximum absolute atomic E-state index is 6.80. The molecule has 0 aliphatic carbocycles. The number of rotatable bonds is 6. The van der Waals surface area contributed by atoms with Crippen molar-refractivity contribution in [2.45, 2.75) is 0 Å². The maximum atomic E-state index is 6.80. The Labute approximate surface area is 460 Å². The second-order valence-corrected chi connectivity index (χ2v) is 21.4. The fourth-order valence-corrected chi connectivity index (χ4v) is 13.3. The van der Waals surface area contributed by atoms with Crippen LogP contribution in [0.25, 0.3) is 175 Å². The molecular weight excluding hydrogens is 969 g/mol. The molecule has 0 amide bonds. The summed E-state index contributed by atoms with van der Waals surface area (Å²) < 4.78 is 13.4. The van der Waals surface area contributed by atoms with Crippen LogP contribution in [-0.2, 0) is 0 Å². The lowest BCUT2D eigenvalue weighted by Gasteiger charge is -2.18. The zero-order valence-corrected chi connectivity index (χ0v) is 43.4. The van der Waals surface area contributed by atoms with Crippen molar-refractivity contribution in [3.63, 3.8) is 0 Å². The minimum Gasteiger partial charge on any atom is -0.456 e. The molecule has 0 bridgehead atoms. The lowest BCUT2D eigenvalue weighted by molar-refractivity contribution is 0.669. The largest absolute Gasteiger partial charge is 0.456 e. The number of hydrogen-bond acceptors (Lipinski definition) is 2. The number of furan rings is 2. The van der Waals surface area contributed by atoms with E-state index in [1.165, 1.54) is 115 Å². The third-order valence-corrected chi connectivity index (χ3v) is 17.0. The average molecular weight is 1020 g/mol. The van der Waals surface area contributed by atoms with Gasteiger partial charge in [-0.05, 0) is 192 Å². The second kappa shape index (κ2) is 17.5. The van der Waals surface area contributed by atoms with Gasteiger partial charge in [-0.25, -0.2) is 0 Å². The smallest absolute Gasteiger partial charge is 0.136 e. The van der Waals surface area contributed by atoms with E-state index in [0.717, 1.165) is 60.4 Å². The Morgan fingerprint density at radius 2 is 0.475 bits per heavy atom. The van der Waals surface area contributed by atoms with Gasteiger partial charge in [-0.1, -0.05) is 218 Å². The fourth-order valence-electron chi connectivity index (χ4n) is 13.3. The summed E-state index contributed by atoms with van der Waals surface area (Å²) in [6.07, 6.45) is 0. The summed E-state index contributed by atoms with van der Waals surface area (Å²) in [4.78, 5) is 0. The molecule has 0 saturated heterocycles. The summed E-state index contributed by atoms with van der Waals surface area (Å²) in [6.45, 7) is 0. The van der Waals surface area contributed by atoms with Crippen molar-refractivity contribution in [2.75, 3.05) is 0 Å². The highest BCUT2D eigenvalue weighted by Gasteiger charge is 2.21. The molecule has 0 unspecified atom stereocenters. The molecule has 370 valence electrons. The van der Waals surface area contributed by atoms with E-state index in [-0.39, 0.29) is 0 Å². The van der Waals surface area contributed by atoms with E-state index in [1.54, 1.807) is 0 Å². The highest BCUT2D eigenvalue weighted by atomic mass is 16.3. The van der Waals surface area contributed by atoms with E-state index in [4.69, 9.17) is 8.83 Å². The molecule has 0 aliphatic rings. The third-order valence-electron chi connectivity index (χ3n) is 17.0. The van der Waals surface area contributed by atoms with Gasteiger partial charge in [0.15, 0.2) is 0 Å². The van der Waals surface area contributed by atoms with Crippen LogP contribution in [-0.4, -0.2) is 0 Å². The number of benzene rings is 15. The van der Waals surface area contributed by atoms with Crippen molar-refractivity contribution in [1.29, 1.82) is 0 Å². The monoisotopic (exact) mass is 1010 g/mol. The van der Waals surface area contributed by atoms with Gasteiger partial charge in [0.2, 0.25) is 0 Å². The highest BCUT2D eigenvalue weighted by Crippen LogP contribution is 2.48. The van der Waals surface area contributed by atoms with Crippen LogP contribution in [0.2, 0.25) is 0 Å². The van der Waals surface area contributed by atoms with E-state index in [2.05, 4.69) is 279 Å². The van der Waals surface area contributed by atoms with Crippen LogP contribution in [0.15, 0.2) is 288 Å². The lowest BCUT2D eigenvalue weighted by atomic mass is 9.85. The molecular formula is C78H46O2. The van der Waals surface area contributed by atoms with Gasteiger partial charge in [0.1, 0.15) is 22.3 Å².